The first kappa shape index (κ1) is 21.2. The van der Waals surface area contributed by atoms with Crippen molar-refractivity contribution in [1.29, 1.82) is 0 Å². The third-order valence-corrected chi connectivity index (χ3v) is 5.22. The van der Waals surface area contributed by atoms with Crippen LogP contribution in [0.25, 0.3) is 27.7 Å². The van der Waals surface area contributed by atoms with E-state index in [9.17, 15) is 18.4 Å². The summed E-state index contributed by atoms with van der Waals surface area (Å²) in [6, 6.07) is 10.3. The number of hydrogen-bond donors (Lipinski definition) is 3. The lowest BCUT2D eigenvalue weighted by atomic mass is 10.1. The summed E-state index contributed by atoms with van der Waals surface area (Å²) in [7, 11) is 0. The number of nitrogens with zero attached hydrogens (tertiary/aromatic N) is 4. The lowest BCUT2D eigenvalue weighted by Gasteiger charge is -2.06. The van der Waals surface area contributed by atoms with Gasteiger partial charge in [-0.3, -0.25) is 14.6 Å². The molecule has 5 heterocycles. The molecule has 3 N–H and O–H groups in total. The number of halogens is 2. The van der Waals surface area contributed by atoms with Gasteiger partial charge in [-0.1, -0.05) is 0 Å². The maximum absolute atomic E-state index is 12.5. The van der Waals surface area contributed by atoms with Crippen LogP contribution < -0.4 is 10.6 Å². The minimum Gasteiger partial charge on any atom is -0.346 e. The van der Waals surface area contributed by atoms with Crippen LogP contribution in [0.3, 0.4) is 0 Å². The predicted molar refractivity (Wildman–Crippen MR) is 121 cm³/mol. The number of aromatic nitrogens is 5. The van der Waals surface area contributed by atoms with Crippen LogP contribution in [0.4, 0.5) is 14.6 Å². The molecule has 0 bridgehead atoms. The highest BCUT2D eigenvalue weighted by Crippen LogP contribution is 2.30. The number of alkyl halides is 2. The molecular formula is C23H17F2N7O2. The van der Waals surface area contributed by atoms with E-state index in [1.807, 2.05) is 12.1 Å². The van der Waals surface area contributed by atoms with E-state index in [2.05, 4.69) is 30.7 Å². The summed E-state index contributed by atoms with van der Waals surface area (Å²) in [5.41, 5.74) is 3.29. The van der Waals surface area contributed by atoms with Crippen LogP contribution in [0, 0.1) is 0 Å². The topological polar surface area (TPSA) is 117 Å². The van der Waals surface area contributed by atoms with Gasteiger partial charge < -0.3 is 15.6 Å². The molecule has 0 aliphatic heterocycles. The molecule has 0 aliphatic carbocycles. The van der Waals surface area contributed by atoms with Gasteiger partial charge in [-0.2, -0.15) is 5.10 Å². The fourth-order valence-corrected chi connectivity index (χ4v) is 3.59. The van der Waals surface area contributed by atoms with Gasteiger partial charge in [-0.15, -0.1) is 0 Å². The molecule has 5 rings (SSSR count). The number of rotatable bonds is 6. The third kappa shape index (κ3) is 4.06. The zero-order chi connectivity index (χ0) is 23.7. The zero-order valence-corrected chi connectivity index (χ0v) is 17.5. The number of amides is 2. The summed E-state index contributed by atoms with van der Waals surface area (Å²) in [5.74, 6) is -0.542. The Labute approximate surface area is 190 Å². The second-order valence-electron chi connectivity index (χ2n) is 7.39. The Kier molecular flexibility index (Phi) is 5.42. The van der Waals surface area contributed by atoms with E-state index in [1.165, 1.54) is 23.1 Å². The molecule has 0 atom stereocenters. The van der Waals surface area contributed by atoms with E-state index in [4.69, 9.17) is 0 Å². The van der Waals surface area contributed by atoms with Crippen LogP contribution in [0.2, 0.25) is 0 Å². The highest BCUT2D eigenvalue weighted by atomic mass is 19.3. The third-order valence-electron chi connectivity index (χ3n) is 5.22. The molecule has 0 aromatic carbocycles. The number of fused-ring (bicyclic) bond motifs is 2. The van der Waals surface area contributed by atoms with E-state index in [0.29, 0.717) is 22.5 Å². The van der Waals surface area contributed by atoms with E-state index < -0.39 is 18.9 Å². The molecule has 0 unspecified atom stereocenters. The Hall–Kier alpha value is -4.67. The quantitative estimate of drug-likeness (QED) is 0.358. The van der Waals surface area contributed by atoms with Crippen molar-refractivity contribution in [2.24, 2.45) is 0 Å². The Morgan fingerprint density at radius 2 is 1.91 bits per heavy atom. The van der Waals surface area contributed by atoms with Gasteiger partial charge in [0, 0.05) is 41.3 Å². The van der Waals surface area contributed by atoms with Crippen molar-refractivity contribution in [3.05, 3.63) is 78.5 Å². The molecule has 0 aliphatic rings. The van der Waals surface area contributed by atoms with Crippen LogP contribution in [0.5, 0.6) is 0 Å². The van der Waals surface area contributed by atoms with Gasteiger partial charge in [0.1, 0.15) is 11.5 Å². The van der Waals surface area contributed by atoms with Crippen molar-refractivity contribution in [2.45, 2.75) is 6.43 Å². The number of hydrogen-bond acceptors (Lipinski definition) is 5. The van der Waals surface area contributed by atoms with Gasteiger partial charge in [0.2, 0.25) is 0 Å². The van der Waals surface area contributed by atoms with Gasteiger partial charge in [0.15, 0.2) is 0 Å². The van der Waals surface area contributed by atoms with Crippen molar-refractivity contribution in [3.63, 3.8) is 0 Å². The Morgan fingerprint density at radius 3 is 2.71 bits per heavy atom. The molecule has 11 heteroatoms. The minimum absolute atomic E-state index is 0.196. The molecule has 0 radical (unpaired) electrons. The van der Waals surface area contributed by atoms with Gasteiger partial charge in [0.05, 0.1) is 23.8 Å². The summed E-state index contributed by atoms with van der Waals surface area (Å²) < 4.78 is 26.4. The number of anilines is 1. The van der Waals surface area contributed by atoms with E-state index in [1.54, 1.807) is 36.7 Å². The average molecular weight is 461 g/mol. The van der Waals surface area contributed by atoms with Gasteiger partial charge in [-0.05, 0) is 42.0 Å². The van der Waals surface area contributed by atoms with Gasteiger partial charge in [-0.25, -0.2) is 18.3 Å². The number of aromatic amines is 1. The number of nitrogens with one attached hydrogen (secondary N) is 3. The van der Waals surface area contributed by atoms with E-state index in [0.717, 1.165) is 16.5 Å². The molecule has 0 spiro atoms. The standard InChI is InChI=1S/C23H17F2N7O2/c24-19(25)12-28-23(34)17-11-29-32-8-5-14(9-18(17)32)16-10-27-21-15(16)1-2-20(30-21)31-22(33)13-3-6-26-7-4-13/h1-11,19H,12H2,(H,28,34)(H2,27,30,31,33). The Balaban J connectivity index is 1.44. The smallest absolute Gasteiger partial charge is 0.256 e. The van der Waals surface area contributed by atoms with Gasteiger partial charge >= 0.3 is 0 Å². The fraction of sp³-hybridized carbons (Fsp3) is 0.0870. The monoisotopic (exact) mass is 461 g/mol. The van der Waals surface area contributed by atoms with Crippen molar-refractivity contribution in [1.82, 2.24) is 29.9 Å². The minimum atomic E-state index is -2.64. The number of pyridine rings is 3. The van der Waals surface area contributed by atoms with E-state index >= 15 is 0 Å². The highest BCUT2D eigenvalue weighted by Gasteiger charge is 2.16. The molecule has 5 aromatic rings. The SMILES string of the molecule is O=C(Nc1ccc2c(-c3ccn4ncc(C(=O)NCC(F)F)c4c3)c[nH]c2n1)c1ccncc1. The summed E-state index contributed by atoms with van der Waals surface area (Å²) in [4.78, 5) is 36.1. The molecule has 0 saturated heterocycles. The van der Waals surface area contributed by atoms with Crippen LogP contribution in [0.1, 0.15) is 20.7 Å². The molecule has 2 amide bonds. The van der Waals surface area contributed by atoms with Crippen LogP contribution in [0.15, 0.2) is 67.4 Å². The molecule has 0 fully saturated rings. The summed E-state index contributed by atoms with van der Waals surface area (Å²) in [5, 5.41) is 9.87. The molecule has 5 aromatic heterocycles. The van der Waals surface area contributed by atoms with Crippen LogP contribution in [-0.2, 0) is 0 Å². The zero-order valence-electron chi connectivity index (χ0n) is 17.5. The largest absolute Gasteiger partial charge is 0.346 e. The second-order valence-corrected chi connectivity index (χ2v) is 7.39. The summed E-state index contributed by atoms with van der Waals surface area (Å²) in [6.45, 7) is -0.732. The van der Waals surface area contributed by atoms with Crippen molar-refractivity contribution in [3.8, 4) is 11.1 Å². The molecule has 34 heavy (non-hydrogen) atoms. The van der Waals surface area contributed by atoms with Crippen LogP contribution >= 0.6 is 0 Å². The first-order valence-corrected chi connectivity index (χ1v) is 10.2. The molecule has 170 valence electrons. The highest BCUT2D eigenvalue weighted by molar-refractivity contribution is 6.05. The maximum atomic E-state index is 12.5. The van der Waals surface area contributed by atoms with E-state index in [-0.39, 0.29) is 11.5 Å². The number of H-pyrrole nitrogens is 1. The first-order valence-electron chi connectivity index (χ1n) is 10.2. The first-order chi connectivity index (χ1) is 16.5. The Bertz CT molecular complexity index is 1510. The lowest BCUT2D eigenvalue weighted by molar-refractivity contribution is 0.0893. The van der Waals surface area contributed by atoms with Crippen molar-refractivity contribution < 1.29 is 18.4 Å². The van der Waals surface area contributed by atoms with Crippen molar-refractivity contribution >= 4 is 34.2 Å². The summed E-state index contributed by atoms with van der Waals surface area (Å²) >= 11 is 0. The van der Waals surface area contributed by atoms with Gasteiger partial charge in [0.25, 0.3) is 18.2 Å². The molecule has 0 saturated carbocycles. The second kappa shape index (κ2) is 8.70. The average Bonchev–Trinajstić information content (AvgIpc) is 3.46. The summed E-state index contributed by atoms with van der Waals surface area (Å²) in [6.07, 6.45) is 5.23. The Morgan fingerprint density at radius 1 is 1.09 bits per heavy atom. The number of carbonyl (C=O) groups is 2. The fourth-order valence-electron chi connectivity index (χ4n) is 3.59. The molecule has 9 nitrogen and oxygen atoms in total. The molecular weight excluding hydrogens is 444 g/mol. The normalized spacial score (nSPS) is 11.3. The van der Waals surface area contributed by atoms with Crippen LogP contribution in [-0.4, -0.2) is 49.4 Å². The maximum Gasteiger partial charge on any atom is 0.256 e. The number of carbonyl (C=O) groups excluding carboxylic acids is 2. The predicted octanol–water partition coefficient (Wildman–Crippen LogP) is 3.52. The van der Waals surface area contributed by atoms with Crippen molar-refractivity contribution in [2.75, 3.05) is 11.9 Å². The lowest BCUT2D eigenvalue weighted by Crippen LogP contribution is -2.28.